The molecule has 0 saturated heterocycles. The molecule has 1 N–H and O–H groups in total. The Morgan fingerprint density at radius 1 is 1.19 bits per heavy atom. The molecule has 3 rings (SSSR count). The van der Waals surface area contributed by atoms with Gasteiger partial charge in [0.15, 0.2) is 0 Å². The first-order chi connectivity index (χ1) is 7.75. The van der Waals surface area contributed by atoms with Gasteiger partial charge >= 0.3 is 0 Å². The standard InChI is InChI=1S/C14H18ClN/c1-9-12(15)3-2-4-13(9)16-14(10-5-6-10)11-7-8-11/h2-4,10-11,14,16H,5-8H2,1H3. The fourth-order valence-electron chi connectivity index (χ4n) is 2.47. The van der Waals surface area contributed by atoms with E-state index in [2.05, 4.69) is 18.3 Å². The molecule has 2 aliphatic rings. The third-order valence-corrected chi connectivity index (χ3v) is 4.26. The predicted molar refractivity (Wildman–Crippen MR) is 69.0 cm³/mol. The lowest BCUT2D eigenvalue weighted by Crippen LogP contribution is -2.24. The molecule has 0 aliphatic heterocycles. The van der Waals surface area contributed by atoms with E-state index in [0.29, 0.717) is 6.04 Å². The van der Waals surface area contributed by atoms with Crippen molar-refractivity contribution in [2.75, 3.05) is 5.32 Å². The second-order valence-corrected chi connectivity index (χ2v) is 5.66. The van der Waals surface area contributed by atoms with Crippen molar-refractivity contribution < 1.29 is 0 Å². The van der Waals surface area contributed by atoms with Crippen LogP contribution in [0.15, 0.2) is 18.2 Å². The first-order valence-electron chi connectivity index (χ1n) is 6.27. The third kappa shape index (κ3) is 2.06. The van der Waals surface area contributed by atoms with Crippen molar-refractivity contribution in [1.82, 2.24) is 0 Å². The zero-order valence-corrected chi connectivity index (χ0v) is 10.4. The Morgan fingerprint density at radius 3 is 2.38 bits per heavy atom. The van der Waals surface area contributed by atoms with Gasteiger partial charge in [0, 0.05) is 16.8 Å². The molecule has 86 valence electrons. The van der Waals surface area contributed by atoms with Gasteiger partial charge in [0.05, 0.1) is 0 Å². The molecule has 2 aliphatic carbocycles. The normalized spacial score (nSPS) is 20.2. The Hall–Kier alpha value is -0.690. The minimum absolute atomic E-state index is 0.706. The predicted octanol–water partition coefficient (Wildman–Crippen LogP) is 4.25. The minimum atomic E-state index is 0.706. The second-order valence-electron chi connectivity index (χ2n) is 5.26. The first-order valence-corrected chi connectivity index (χ1v) is 6.65. The van der Waals surface area contributed by atoms with Crippen LogP contribution in [0.5, 0.6) is 0 Å². The molecular formula is C14H18ClN. The smallest absolute Gasteiger partial charge is 0.0455 e. The van der Waals surface area contributed by atoms with E-state index in [9.17, 15) is 0 Å². The molecule has 0 heterocycles. The van der Waals surface area contributed by atoms with Crippen molar-refractivity contribution in [3.05, 3.63) is 28.8 Å². The van der Waals surface area contributed by atoms with Crippen molar-refractivity contribution in [2.45, 2.75) is 38.6 Å². The van der Waals surface area contributed by atoms with Crippen LogP contribution in [0.25, 0.3) is 0 Å². The molecular weight excluding hydrogens is 218 g/mol. The summed E-state index contributed by atoms with van der Waals surface area (Å²) < 4.78 is 0. The Morgan fingerprint density at radius 2 is 1.81 bits per heavy atom. The number of hydrogen-bond acceptors (Lipinski definition) is 1. The molecule has 1 aromatic carbocycles. The van der Waals surface area contributed by atoms with E-state index in [1.54, 1.807) is 0 Å². The fraction of sp³-hybridized carbons (Fsp3) is 0.571. The Labute approximate surface area is 102 Å². The van der Waals surface area contributed by atoms with E-state index in [-0.39, 0.29) is 0 Å². The van der Waals surface area contributed by atoms with E-state index in [4.69, 9.17) is 11.6 Å². The summed E-state index contributed by atoms with van der Waals surface area (Å²) in [5, 5.41) is 4.60. The van der Waals surface area contributed by atoms with E-state index in [1.807, 2.05) is 12.1 Å². The molecule has 2 heteroatoms. The summed E-state index contributed by atoms with van der Waals surface area (Å²) in [6.07, 6.45) is 5.64. The monoisotopic (exact) mass is 235 g/mol. The van der Waals surface area contributed by atoms with Crippen molar-refractivity contribution in [1.29, 1.82) is 0 Å². The topological polar surface area (TPSA) is 12.0 Å². The lowest BCUT2D eigenvalue weighted by atomic mass is 10.1. The number of anilines is 1. The van der Waals surface area contributed by atoms with Crippen LogP contribution in [0.1, 0.15) is 31.2 Å². The highest BCUT2D eigenvalue weighted by atomic mass is 35.5. The molecule has 2 fully saturated rings. The van der Waals surface area contributed by atoms with Gasteiger partial charge in [-0.2, -0.15) is 0 Å². The Kier molecular flexibility index (Phi) is 2.59. The van der Waals surface area contributed by atoms with Crippen LogP contribution in [0.4, 0.5) is 5.69 Å². The maximum atomic E-state index is 6.15. The highest BCUT2D eigenvalue weighted by molar-refractivity contribution is 6.31. The lowest BCUT2D eigenvalue weighted by molar-refractivity contribution is 0.567. The largest absolute Gasteiger partial charge is 0.381 e. The lowest BCUT2D eigenvalue weighted by Gasteiger charge is -2.20. The molecule has 2 saturated carbocycles. The molecule has 0 atom stereocenters. The van der Waals surface area contributed by atoms with Crippen molar-refractivity contribution >= 4 is 17.3 Å². The van der Waals surface area contributed by atoms with Gasteiger partial charge in [0.1, 0.15) is 0 Å². The van der Waals surface area contributed by atoms with Gasteiger partial charge < -0.3 is 5.32 Å². The summed E-state index contributed by atoms with van der Waals surface area (Å²) in [5.41, 5.74) is 2.42. The summed E-state index contributed by atoms with van der Waals surface area (Å²) in [4.78, 5) is 0. The summed E-state index contributed by atoms with van der Waals surface area (Å²) in [6, 6.07) is 6.86. The van der Waals surface area contributed by atoms with Crippen LogP contribution >= 0.6 is 11.6 Å². The summed E-state index contributed by atoms with van der Waals surface area (Å²) in [6.45, 7) is 2.10. The van der Waals surface area contributed by atoms with Crippen molar-refractivity contribution in [3.63, 3.8) is 0 Å². The van der Waals surface area contributed by atoms with Gasteiger partial charge in [-0.3, -0.25) is 0 Å². The summed E-state index contributed by atoms with van der Waals surface area (Å²) >= 11 is 6.15. The van der Waals surface area contributed by atoms with E-state index >= 15 is 0 Å². The highest BCUT2D eigenvalue weighted by Crippen LogP contribution is 2.46. The van der Waals surface area contributed by atoms with Crippen molar-refractivity contribution in [3.8, 4) is 0 Å². The van der Waals surface area contributed by atoms with E-state index < -0.39 is 0 Å². The zero-order valence-electron chi connectivity index (χ0n) is 9.67. The zero-order chi connectivity index (χ0) is 11.1. The summed E-state index contributed by atoms with van der Waals surface area (Å²) in [5.74, 6) is 1.84. The maximum Gasteiger partial charge on any atom is 0.0455 e. The van der Waals surface area contributed by atoms with Crippen LogP contribution in [-0.2, 0) is 0 Å². The first kappa shape index (κ1) is 10.5. The molecule has 0 radical (unpaired) electrons. The van der Waals surface area contributed by atoms with Crippen molar-refractivity contribution in [2.24, 2.45) is 11.8 Å². The average Bonchev–Trinajstić information content (AvgIpc) is 3.15. The van der Waals surface area contributed by atoms with Gasteiger partial charge in [-0.15, -0.1) is 0 Å². The highest BCUT2D eigenvalue weighted by Gasteiger charge is 2.41. The van der Waals surface area contributed by atoms with Gasteiger partial charge in [-0.1, -0.05) is 17.7 Å². The van der Waals surface area contributed by atoms with E-state index in [1.165, 1.54) is 36.9 Å². The van der Waals surface area contributed by atoms with E-state index in [0.717, 1.165) is 16.9 Å². The number of hydrogen-bond donors (Lipinski definition) is 1. The molecule has 0 amide bonds. The van der Waals surface area contributed by atoms with Gasteiger partial charge in [0.25, 0.3) is 0 Å². The van der Waals surface area contributed by atoms with Gasteiger partial charge in [-0.05, 0) is 62.1 Å². The summed E-state index contributed by atoms with van der Waals surface area (Å²) in [7, 11) is 0. The second kappa shape index (κ2) is 3.96. The van der Waals surface area contributed by atoms with Gasteiger partial charge in [-0.25, -0.2) is 0 Å². The molecule has 1 aromatic rings. The molecule has 0 spiro atoms. The van der Waals surface area contributed by atoms with Crippen LogP contribution in [0.2, 0.25) is 5.02 Å². The van der Waals surface area contributed by atoms with Crippen LogP contribution in [-0.4, -0.2) is 6.04 Å². The Balaban J connectivity index is 1.78. The number of nitrogens with one attached hydrogen (secondary N) is 1. The number of rotatable bonds is 4. The van der Waals surface area contributed by atoms with Gasteiger partial charge in [0.2, 0.25) is 0 Å². The molecule has 0 bridgehead atoms. The van der Waals surface area contributed by atoms with Crippen LogP contribution in [0, 0.1) is 18.8 Å². The molecule has 1 nitrogen and oxygen atoms in total. The van der Waals surface area contributed by atoms with Crippen LogP contribution < -0.4 is 5.32 Å². The SMILES string of the molecule is Cc1c(Cl)cccc1NC(C1CC1)C1CC1. The maximum absolute atomic E-state index is 6.15. The molecule has 0 unspecified atom stereocenters. The fourth-order valence-corrected chi connectivity index (χ4v) is 2.65. The minimum Gasteiger partial charge on any atom is -0.381 e. The molecule has 16 heavy (non-hydrogen) atoms. The quantitative estimate of drug-likeness (QED) is 0.823. The number of benzene rings is 1. The Bertz CT molecular complexity index is 382. The average molecular weight is 236 g/mol. The molecule has 0 aromatic heterocycles. The third-order valence-electron chi connectivity index (χ3n) is 3.85. The number of halogens is 1. The van der Waals surface area contributed by atoms with Crippen LogP contribution in [0.3, 0.4) is 0 Å².